The quantitative estimate of drug-likeness (QED) is 0.605. The molecule has 1 aliphatic carbocycles. The van der Waals surface area contributed by atoms with Crippen molar-refractivity contribution >= 4 is 17.3 Å². The van der Waals surface area contributed by atoms with Crippen molar-refractivity contribution in [3.05, 3.63) is 74.3 Å². The average Bonchev–Trinajstić information content (AvgIpc) is 3.28. The average molecular weight is 424 g/mol. The van der Waals surface area contributed by atoms with Gasteiger partial charge in [0.25, 0.3) is 0 Å². The first kappa shape index (κ1) is 19.6. The Balaban J connectivity index is 1.34. The summed E-state index contributed by atoms with van der Waals surface area (Å²) in [6.45, 7) is 0.556. The number of hydrogen-bond acceptors (Lipinski definition) is 5. The molecular weight excluding hydrogens is 408 g/mol. The van der Waals surface area contributed by atoms with Gasteiger partial charge in [-0.05, 0) is 48.1 Å². The van der Waals surface area contributed by atoms with Crippen LogP contribution in [0.15, 0.2) is 47.5 Å². The molecule has 2 heterocycles. The number of nitrogens with one attached hydrogen (secondary N) is 1. The molecule has 1 saturated carbocycles. The molecule has 0 spiro atoms. The molecule has 0 radical (unpaired) electrons. The van der Waals surface area contributed by atoms with E-state index in [0.717, 1.165) is 22.6 Å². The highest BCUT2D eigenvalue weighted by molar-refractivity contribution is 7.12. The summed E-state index contributed by atoms with van der Waals surface area (Å²) < 4.78 is 52.2. The fourth-order valence-electron chi connectivity index (χ4n) is 3.15. The number of hydrogen-bond donors (Lipinski definition) is 1. The second-order valence-corrected chi connectivity index (χ2v) is 8.06. The predicted molar refractivity (Wildman–Crippen MR) is 100 cm³/mol. The summed E-state index contributed by atoms with van der Waals surface area (Å²) in [7, 11) is 0. The van der Waals surface area contributed by atoms with Gasteiger partial charge in [-0.3, -0.25) is 4.57 Å². The number of nitrogens with zero attached hydrogens (tertiary/aromatic N) is 3. The lowest BCUT2D eigenvalue weighted by Crippen LogP contribution is -2.25. The third kappa shape index (κ3) is 4.64. The Morgan fingerprint density at radius 2 is 1.93 bits per heavy atom. The predicted octanol–water partition coefficient (Wildman–Crippen LogP) is 4.12. The van der Waals surface area contributed by atoms with Crippen molar-refractivity contribution in [3.8, 4) is 0 Å². The molecule has 5 nitrogen and oxygen atoms in total. The second kappa shape index (κ2) is 7.58. The zero-order valence-corrected chi connectivity index (χ0v) is 15.8. The van der Waals surface area contributed by atoms with E-state index in [1.165, 1.54) is 24.5 Å². The number of rotatable bonds is 6. The Hall–Kier alpha value is -2.75. The van der Waals surface area contributed by atoms with E-state index >= 15 is 0 Å². The van der Waals surface area contributed by atoms with Gasteiger partial charge in [-0.2, -0.15) is 18.2 Å². The summed E-state index contributed by atoms with van der Waals surface area (Å²) in [5.41, 5.74) is 0.485. The van der Waals surface area contributed by atoms with Gasteiger partial charge in [0.15, 0.2) is 0 Å². The Kier molecular flexibility index (Phi) is 5.12. The van der Waals surface area contributed by atoms with Gasteiger partial charge < -0.3 is 5.32 Å². The van der Waals surface area contributed by atoms with Crippen LogP contribution in [-0.2, 0) is 12.7 Å². The Bertz CT molecular complexity index is 1060. The molecule has 2 atom stereocenters. The zero-order valence-electron chi connectivity index (χ0n) is 15.0. The lowest BCUT2D eigenvalue weighted by Gasteiger charge is -2.07. The molecule has 1 aromatic carbocycles. The van der Waals surface area contributed by atoms with Crippen molar-refractivity contribution in [1.82, 2.24) is 14.5 Å². The van der Waals surface area contributed by atoms with Gasteiger partial charge in [0, 0.05) is 11.4 Å². The van der Waals surface area contributed by atoms with E-state index in [2.05, 4.69) is 15.3 Å². The summed E-state index contributed by atoms with van der Waals surface area (Å²) >= 11 is 0.590. The first-order chi connectivity index (χ1) is 13.8. The highest BCUT2D eigenvalue weighted by Gasteiger charge is 2.38. The first-order valence-electron chi connectivity index (χ1n) is 8.88. The zero-order chi connectivity index (χ0) is 20.6. The van der Waals surface area contributed by atoms with Gasteiger partial charge in [-0.1, -0.05) is 12.1 Å². The molecule has 2 unspecified atom stereocenters. The lowest BCUT2D eigenvalue weighted by molar-refractivity contribution is -0.134. The van der Waals surface area contributed by atoms with Crippen LogP contribution in [0.1, 0.15) is 27.7 Å². The topological polar surface area (TPSA) is 59.8 Å². The van der Waals surface area contributed by atoms with Gasteiger partial charge >= 0.3 is 11.9 Å². The molecule has 3 aromatic rings. The minimum Gasteiger partial charge on any atom is -0.354 e. The molecule has 152 valence electrons. The van der Waals surface area contributed by atoms with Crippen LogP contribution >= 0.6 is 11.3 Å². The largest absolute Gasteiger partial charge is 0.425 e. The van der Waals surface area contributed by atoms with Crippen LogP contribution in [0.3, 0.4) is 0 Å². The molecule has 0 bridgehead atoms. The van der Waals surface area contributed by atoms with Crippen LogP contribution in [0.4, 0.5) is 23.5 Å². The molecule has 0 aliphatic heterocycles. The van der Waals surface area contributed by atoms with E-state index in [0.29, 0.717) is 34.6 Å². The van der Waals surface area contributed by atoms with Crippen LogP contribution in [0, 0.1) is 11.7 Å². The van der Waals surface area contributed by atoms with Crippen LogP contribution in [0.25, 0.3) is 0 Å². The summed E-state index contributed by atoms with van der Waals surface area (Å²) in [5.74, 6) is 0.594. The first-order valence-corrected chi connectivity index (χ1v) is 9.70. The van der Waals surface area contributed by atoms with Crippen molar-refractivity contribution in [3.63, 3.8) is 0 Å². The Morgan fingerprint density at radius 1 is 1.17 bits per heavy atom. The monoisotopic (exact) mass is 424 g/mol. The molecule has 0 saturated heterocycles. The van der Waals surface area contributed by atoms with E-state index in [9.17, 15) is 22.4 Å². The Morgan fingerprint density at radius 3 is 2.59 bits per heavy atom. The SMILES string of the molecule is O=c1nc(NCC2CC2c2ccc(F)cc2)ncn1Cc1ccc(C(F)(F)F)s1. The number of aromatic nitrogens is 3. The third-order valence-corrected chi connectivity index (χ3v) is 5.89. The number of thiophene rings is 1. The van der Waals surface area contributed by atoms with Crippen molar-refractivity contribution < 1.29 is 17.6 Å². The van der Waals surface area contributed by atoms with Gasteiger partial charge in [-0.15, -0.1) is 11.3 Å². The maximum atomic E-state index is 13.0. The number of alkyl halides is 3. The van der Waals surface area contributed by atoms with E-state index < -0.39 is 16.7 Å². The normalized spacial score (nSPS) is 18.6. The van der Waals surface area contributed by atoms with Crippen molar-refractivity contribution in [2.45, 2.75) is 25.1 Å². The fraction of sp³-hybridized carbons (Fsp3) is 0.316. The molecule has 1 aliphatic rings. The van der Waals surface area contributed by atoms with Gasteiger partial charge in [0.05, 0.1) is 6.54 Å². The third-order valence-electron chi connectivity index (χ3n) is 4.78. The van der Waals surface area contributed by atoms with E-state index in [1.807, 2.05) is 0 Å². The summed E-state index contributed by atoms with van der Waals surface area (Å²) in [6.07, 6.45) is -2.17. The summed E-state index contributed by atoms with van der Waals surface area (Å²) in [4.78, 5) is 19.8. The summed E-state index contributed by atoms with van der Waals surface area (Å²) in [5, 5.41) is 3.02. The maximum Gasteiger partial charge on any atom is 0.425 e. The van der Waals surface area contributed by atoms with Crippen molar-refractivity contribution in [2.75, 3.05) is 11.9 Å². The highest BCUT2D eigenvalue weighted by Crippen LogP contribution is 2.47. The van der Waals surface area contributed by atoms with E-state index in [-0.39, 0.29) is 18.3 Å². The molecule has 0 amide bonds. The number of halogens is 4. The van der Waals surface area contributed by atoms with Crippen LogP contribution in [-0.4, -0.2) is 21.1 Å². The van der Waals surface area contributed by atoms with Crippen LogP contribution < -0.4 is 11.0 Å². The summed E-state index contributed by atoms with van der Waals surface area (Å²) in [6, 6.07) is 8.75. The molecule has 10 heteroatoms. The van der Waals surface area contributed by atoms with E-state index in [1.54, 1.807) is 12.1 Å². The molecule has 29 heavy (non-hydrogen) atoms. The molecule has 1 N–H and O–H groups in total. The standard InChI is InChI=1S/C19H16F4N4OS/c20-13-3-1-11(2-4-13)15-7-12(15)8-24-17-25-10-27(18(28)26-17)9-14-5-6-16(29-14)19(21,22)23/h1-6,10,12,15H,7-9H2,(H,24,26,28). The second-order valence-electron chi connectivity index (χ2n) is 6.89. The minimum atomic E-state index is -4.40. The minimum absolute atomic E-state index is 0.0187. The molecule has 1 fully saturated rings. The Labute approximate surface area is 167 Å². The molecular formula is C19H16F4N4OS. The number of anilines is 1. The van der Waals surface area contributed by atoms with E-state index in [4.69, 9.17) is 0 Å². The maximum absolute atomic E-state index is 13.0. The van der Waals surface area contributed by atoms with Crippen molar-refractivity contribution in [1.29, 1.82) is 0 Å². The van der Waals surface area contributed by atoms with Crippen LogP contribution in [0.2, 0.25) is 0 Å². The molecule has 4 rings (SSSR count). The highest BCUT2D eigenvalue weighted by atomic mass is 32.1. The lowest BCUT2D eigenvalue weighted by atomic mass is 10.1. The fourth-order valence-corrected chi connectivity index (χ4v) is 4.02. The molecule has 2 aromatic heterocycles. The smallest absolute Gasteiger partial charge is 0.354 e. The van der Waals surface area contributed by atoms with Gasteiger partial charge in [0.1, 0.15) is 17.0 Å². The van der Waals surface area contributed by atoms with Crippen molar-refractivity contribution in [2.24, 2.45) is 5.92 Å². The van der Waals surface area contributed by atoms with Crippen LogP contribution in [0.5, 0.6) is 0 Å². The number of benzene rings is 1. The van der Waals surface area contributed by atoms with Gasteiger partial charge in [-0.25, -0.2) is 14.2 Å². The van der Waals surface area contributed by atoms with Gasteiger partial charge in [0.2, 0.25) is 5.95 Å².